The first-order valence-electron chi connectivity index (χ1n) is 16.5. The number of fused-ring (bicyclic) bond motifs is 1. The third-order valence-corrected chi connectivity index (χ3v) is 8.11. The Hall–Kier alpha value is -5.42. The number of benzene rings is 4. The van der Waals surface area contributed by atoms with Crippen LogP contribution in [0.3, 0.4) is 0 Å². The van der Waals surface area contributed by atoms with Crippen LogP contribution in [0.15, 0.2) is 97.1 Å². The van der Waals surface area contributed by atoms with E-state index in [1.165, 1.54) is 6.07 Å². The van der Waals surface area contributed by atoms with Crippen LogP contribution in [0.4, 0.5) is 10.1 Å². The predicted octanol–water partition coefficient (Wildman–Crippen LogP) is 7.51. The summed E-state index contributed by atoms with van der Waals surface area (Å²) in [5.74, 6) is -0.121. The highest BCUT2D eigenvalue weighted by atomic mass is 19.1. The number of aromatic nitrogens is 3. The molecule has 9 nitrogen and oxygen atoms in total. The molecule has 0 spiro atoms. The number of aromatic carboxylic acids is 1. The van der Waals surface area contributed by atoms with Gasteiger partial charge in [-0.05, 0) is 65.6 Å². The largest absolute Gasteiger partial charge is 0.478 e. The van der Waals surface area contributed by atoms with Gasteiger partial charge in [0.05, 0.1) is 36.0 Å². The van der Waals surface area contributed by atoms with Crippen LogP contribution in [-0.2, 0) is 29.1 Å². The summed E-state index contributed by atoms with van der Waals surface area (Å²) in [4.78, 5) is 26.7. The summed E-state index contributed by atoms with van der Waals surface area (Å²) in [5.41, 5.74) is 10.1. The zero-order valence-electron chi connectivity index (χ0n) is 28.9. The first-order valence-corrected chi connectivity index (χ1v) is 16.5. The number of hydrogen-bond acceptors (Lipinski definition) is 6. The molecule has 3 N–H and O–H groups in total. The summed E-state index contributed by atoms with van der Waals surface area (Å²) >= 11 is 0. The molecule has 6 aromatic rings. The van der Waals surface area contributed by atoms with E-state index in [4.69, 9.17) is 24.3 Å². The van der Waals surface area contributed by atoms with Crippen molar-refractivity contribution < 1.29 is 34.1 Å². The molecule has 50 heavy (non-hydrogen) atoms. The Kier molecular flexibility index (Phi) is 12.1. The lowest BCUT2D eigenvalue weighted by Gasteiger charge is -2.15. The van der Waals surface area contributed by atoms with Crippen LogP contribution in [0, 0.1) is 12.7 Å². The molecule has 0 unspecified atom stereocenters. The first-order chi connectivity index (χ1) is 24.3. The maximum Gasteiger partial charge on any atom is 0.335 e. The molecule has 0 amide bonds. The quantitative estimate of drug-likeness (QED) is 0.0961. The molecule has 0 saturated carbocycles. The molecule has 2 aromatic heterocycles. The SMILES string of the molecule is CC.COCCn1c(Cc2ccc(-c3cccc(OCc4ccc(C)cc4F)n3)cc2-c2cccc([NH2+]OC)c2)nc2ccc(C(=O)O)cc21. The van der Waals surface area contributed by atoms with Gasteiger partial charge in [0.1, 0.15) is 18.2 Å². The summed E-state index contributed by atoms with van der Waals surface area (Å²) in [6, 6.07) is 29.8. The van der Waals surface area contributed by atoms with Crippen molar-refractivity contribution in [3.63, 3.8) is 0 Å². The molecule has 258 valence electrons. The molecule has 0 saturated heterocycles. The van der Waals surface area contributed by atoms with Gasteiger partial charge in [0.25, 0.3) is 0 Å². The van der Waals surface area contributed by atoms with E-state index in [1.54, 1.807) is 50.0 Å². The first kappa shape index (κ1) is 35.9. The lowest BCUT2D eigenvalue weighted by atomic mass is 9.94. The van der Waals surface area contributed by atoms with E-state index >= 15 is 0 Å². The number of carboxylic acid groups (broad SMARTS) is 1. The van der Waals surface area contributed by atoms with E-state index in [-0.39, 0.29) is 18.0 Å². The predicted molar refractivity (Wildman–Crippen MR) is 192 cm³/mol. The molecule has 0 bridgehead atoms. The minimum absolute atomic E-state index is 0.0631. The Morgan fingerprint density at radius 3 is 2.44 bits per heavy atom. The van der Waals surface area contributed by atoms with Crippen molar-refractivity contribution in [3.8, 4) is 28.3 Å². The number of ether oxygens (including phenoxy) is 2. The van der Waals surface area contributed by atoms with Gasteiger partial charge in [-0.15, -0.1) is 0 Å². The van der Waals surface area contributed by atoms with Gasteiger partial charge in [-0.2, -0.15) is 5.48 Å². The number of hydrogen-bond donors (Lipinski definition) is 2. The van der Waals surface area contributed by atoms with Gasteiger partial charge in [-0.1, -0.05) is 56.3 Å². The molecular weight excluding hydrogens is 635 g/mol. The number of methoxy groups -OCH3 is 1. The van der Waals surface area contributed by atoms with Gasteiger partial charge in [0.15, 0.2) is 5.69 Å². The Morgan fingerprint density at radius 1 is 0.880 bits per heavy atom. The average Bonchev–Trinajstić information content (AvgIpc) is 3.47. The van der Waals surface area contributed by atoms with Gasteiger partial charge in [0.2, 0.25) is 5.88 Å². The molecule has 0 radical (unpaired) electrons. The molecule has 0 aliphatic heterocycles. The fraction of sp³-hybridized carbons (Fsp3) is 0.225. The molecule has 4 aromatic carbocycles. The highest BCUT2D eigenvalue weighted by molar-refractivity contribution is 5.92. The fourth-order valence-corrected chi connectivity index (χ4v) is 5.69. The highest BCUT2D eigenvalue weighted by Crippen LogP contribution is 2.33. The number of nitrogens with zero attached hydrogens (tertiary/aromatic N) is 3. The summed E-state index contributed by atoms with van der Waals surface area (Å²) in [7, 11) is 3.25. The monoisotopic (exact) mass is 677 g/mol. The lowest BCUT2D eigenvalue weighted by molar-refractivity contribution is -0.830. The fourth-order valence-electron chi connectivity index (χ4n) is 5.69. The summed E-state index contributed by atoms with van der Waals surface area (Å²) in [6.07, 6.45) is 0.479. The molecule has 2 heterocycles. The number of aryl methyl sites for hydroxylation is 1. The van der Waals surface area contributed by atoms with Crippen LogP contribution in [0.25, 0.3) is 33.4 Å². The second kappa shape index (κ2) is 16.8. The number of pyridine rings is 1. The Labute approximate surface area is 291 Å². The number of rotatable bonds is 13. The van der Waals surface area contributed by atoms with Crippen LogP contribution in [0.1, 0.15) is 46.7 Å². The minimum Gasteiger partial charge on any atom is -0.478 e. The Balaban J connectivity index is 0.00000239. The third-order valence-electron chi connectivity index (χ3n) is 8.11. The van der Waals surface area contributed by atoms with E-state index in [2.05, 4.69) is 18.2 Å². The van der Waals surface area contributed by atoms with Crippen molar-refractivity contribution in [2.75, 3.05) is 20.8 Å². The molecule has 10 heteroatoms. The molecule has 6 rings (SSSR count). The number of carbonyl (C=O) groups is 1. The van der Waals surface area contributed by atoms with Crippen LogP contribution in [-0.4, -0.2) is 46.4 Å². The maximum absolute atomic E-state index is 14.4. The standard InChI is InChI=1S/C38H35FN4O5.C2H6/c1-24-10-11-29(32(39)18-24)23-48-37-9-5-8-33(41-37)27-13-12-26(31(20-27)25-6-4-7-30(19-25)42-47-3)22-36-40-34-15-14-28(38(44)45)21-35(34)43(36)16-17-46-2;1-2/h4-15,18-21,42H,16-17,22-23H2,1-3H3,(H,44,45);1-2H3/p+1. The second-order valence-electron chi connectivity index (χ2n) is 11.5. The van der Waals surface area contributed by atoms with E-state index < -0.39 is 5.97 Å². The van der Waals surface area contributed by atoms with E-state index in [1.807, 2.05) is 67.8 Å². The van der Waals surface area contributed by atoms with Gasteiger partial charge in [-0.3, -0.25) is 0 Å². The Bertz CT molecular complexity index is 2090. The van der Waals surface area contributed by atoms with Crippen molar-refractivity contribution in [2.24, 2.45) is 0 Å². The van der Waals surface area contributed by atoms with Crippen LogP contribution < -0.4 is 10.2 Å². The van der Waals surface area contributed by atoms with Gasteiger partial charge in [0, 0.05) is 49.4 Å². The number of imidazole rings is 1. The van der Waals surface area contributed by atoms with Gasteiger partial charge < -0.3 is 19.1 Å². The molecule has 0 aliphatic carbocycles. The zero-order valence-corrected chi connectivity index (χ0v) is 28.9. The van der Waals surface area contributed by atoms with Gasteiger partial charge >= 0.3 is 5.97 Å². The number of carboxylic acids is 1. The van der Waals surface area contributed by atoms with Crippen molar-refractivity contribution in [1.82, 2.24) is 14.5 Å². The zero-order chi connectivity index (χ0) is 35.6. The smallest absolute Gasteiger partial charge is 0.335 e. The average molecular weight is 678 g/mol. The number of halogens is 1. The Morgan fingerprint density at radius 2 is 1.68 bits per heavy atom. The maximum atomic E-state index is 14.4. The van der Waals surface area contributed by atoms with E-state index in [0.29, 0.717) is 42.2 Å². The normalized spacial score (nSPS) is 10.9. The molecule has 0 fully saturated rings. The highest BCUT2D eigenvalue weighted by Gasteiger charge is 2.18. The van der Waals surface area contributed by atoms with Crippen molar-refractivity contribution >= 4 is 22.7 Å². The number of nitrogens with two attached hydrogens (primary N) is 1. The van der Waals surface area contributed by atoms with E-state index in [9.17, 15) is 14.3 Å². The van der Waals surface area contributed by atoms with Crippen LogP contribution >= 0.6 is 0 Å². The van der Waals surface area contributed by atoms with Gasteiger partial charge in [-0.25, -0.2) is 24.0 Å². The van der Waals surface area contributed by atoms with Crippen molar-refractivity contribution in [1.29, 1.82) is 0 Å². The summed E-state index contributed by atoms with van der Waals surface area (Å²) < 4.78 is 27.7. The second-order valence-corrected chi connectivity index (χ2v) is 11.5. The van der Waals surface area contributed by atoms with Crippen LogP contribution in [0.2, 0.25) is 0 Å². The summed E-state index contributed by atoms with van der Waals surface area (Å²) in [5, 5.41) is 9.62. The molecular formula is C40H42FN4O5+. The van der Waals surface area contributed by atoms with E-state index in [0.717, 1.165) is 44.8 Å². The topological polar surface area (TPSA) is 112 Å². The summed E-state index contributed by atoms with van der Waals surface area (Å²) in [6.45, 7) is 6.86. The third kappa shape index (κ3) is 8.41. The molecule has 0 aliphatic rings. The van der Waals surface area contributed by atoms with Crippen molar-refractivity contribution in [3.05, 3.63) is 131 Å². The lowest BCUT2D eigenvalue weighted by Crippen LogP contribution is -2.75. The number of quaternary nitrogens is 1. The van der Waals surface area contributed by atoms with Crippen LogP contribution in [0.5, 0.6) is 5.88 Å². The molecule has 0 atom stereocenters. The van der Waals surface area contributed by atoms with Crippen molar-refractivity contribution in [2.45, 2.75) is 40.3 Å². The minimum atomic E-state index is -0.992.